The van der Waals surface area contributed by atoms with E-state index in [-0.39, 0.29) is 28.9 Å². The van der Waals surface area contributed by atoms with Crippen LogP contribution in [0.3, 0.4) is 0 Å². The molecule has 0 saturated carbocycles. The van der Waals surface area contributed by atoms with Crippen LogP contribution >= 0.6 is 0 Å². The molecule has 10 nitrogen and oxygen atoms in total. The van der Waals surface area contributed by atoms with Gasteiger partial charge in [0.25, 0.3) is 5.91 Å². The summed E-state index contributed by atoms with van der Waals surface area (Å²) in [6.07, 6.45) is -0.120. The lowest BCUT2D eigenvalue weighted by atomic mass is 9.55. The van der Waals surface area contributed by atoms with Gasteiger partial charge in [0.15, 0.2) is 17.2 Å². The summed E-state index contributed by atoms with van der Waals surface area (Å²) in [7, 11) is 3.10. The van der Waals surface area contributed by atoms with Gasteiger partial charge in [-0.3, -0.25) is 19.3 Å². The van der Waals surface area contributed by atoms with Crippen LogP contribution in [0.15, 0.2) is 40.8 Å². The Labute approximate surface area is 183 Å². The number of rotatable bonds is 2. The number of nitrogens with two attached hydrogens (primary N) is 2. The van der Waals surface area contributed by atoms with E-state index in [9.17, 15) is 34.8 Å². The van der Waals surface area contributed by atoms with Gasteiger partial charge < -0.3 is 31.9 Å². The van der Waals surface area contributed by atoms with Crippen molar-refractivity contribution in [1.29, 1.82) is 0 Å². The first kappa shape index (κ1) is 22.0. The van der Waals surface area contributed by atoms with Gasteiger partial charge in [-0.25, -0.2) is 0 Å². The van der Waals surface area contributed by atoms with Crippen molar-refractivity contribution in [3.05, 3.63) is 51.9 Å². The zero-order chi connectivity index (χ0) is 23.9. The molecule has 0 heterocycles. The smallest absolute Gasteiger partial charge is 0.255 e. The fourth-order valence-corrected chi connectivity index (χ4v) is 5.58. The maximum absolute atomic E-state index is 13.4. The van der Waals surface area contributed by atoms with Crippen LogP contribution in [-0.2, 0) is 15.2 Å². The average Bonchev–Trinajstić information content (AvgIpc) is 2.68. The number of hydrogen-bond donors (Lipinski definition) is 6. The van der Waals surface area contributed by atoms with Crippen molar-refractivity contribution in [1.82, 2.24) is 4.90 Å². The molecular formula is C22H25N3O7. The third kappa shape index (κ3) is 2.48. The van der Waals surface area contributed by atoms with E-state index >= 15 is 0 Å². The fourth-order valence-electron chi connectivity index (χ4n) is 5.58. The number of likely N-dealkylation sites (N-methyl/N-ethyl adjacent to an activating group) is 1. The Hall–Kier alpha value is -3.21. The molecule has 1 aromatic rings. The highest BCUT2D eigenvalue weighted by Crippen LogP contribution is 2.56. The third-order valence-corrected chi connectivity index (χ3v) is 7.11. The number of hydrogen-bond acceptors (Lipinski definition) is 9. The Bertz CT molecular complexity index is 1150. The lowest BCUT2D eigenvalue weighted by molar-refractivity contribution is -0.136. The van der Waals surface area contributed by atoms with Gasteiger partial charge in [-0.1, -0.05) is 12.1 Å². The summed E-state index contributed by atoms with van der Waals surface area (Å²) < 4.78 is 0. The molecule has 0 saturated heterocycles. The first-order valence-corrected chi connectivity index (χ1v) is 10.0. The molecule has 3 aliphatic rings. The van der Waals surface area contributed by atoms with Gasteiger partial charge >= 0.3 is 0 Å². The monoisotopic (exact) mass is 443 g/mol. The SMILES string of the molecule is CN(C)[C@@H]1C(=O)C(C(N)=O)=C(O)[C@@]2(O)C(N)=C3C(=O)c4c(O)cccc4[C@@](C)(O)[C@H]3C[C@@H]12. The van der Waals surface area contributed by atoms with E-state index in [0.29, 0.717) is 0 Å². The molecule has 0 radical (unpaired) electrons. The van der Waals surface area contributed by atoms with Crippen LogP contribution in [0.1, 0.15) is 29.3 Å². The van der Waals surface area contributed by atoms with Crippen molar-refractivity contribution in [2.24, 2.45) is 23.3 Å². The second-order valence-corrected chi connectivity index (χ2v) is 9.03. The number of aromatic hydroxyl groups is 1. The second kappa shape index (κ2) is 6.64. The largest absolute Gasteiger partial charge is 0.508 e. The van der Waals surface area contributed by atoms with E-state index in [1.807, 2.05) is 0 Å². The quantitative estimate of drug-likeness (QED) is 0.318. The van der Waals surface area contributed by atoms with Gasteiger partial charge in [-0.05, 0) is 39.1 Å². The van der Waals surface area contributed by atoms with Crippen molar-refractivity contribution >= 4 is 17.5 Å². The molecule has 32 heavy (non-hydrogen) atoms. The van der Waals surface area contributed by atoms with E-state index in [1.54, 1.807) is 14.1 Å². The molecule has 4 rings (SSSR count). The Balaban J connectivity index is 2.08. The number of benzene rings is 1. The number of phenols is 1. The number of Topliss-reactive ketones (excluding diaryl/α,β-unsaturated/α-hetero) is 2. The molecule has 0 bridgehead atoms. The minimum Gasteiger partial charge on any atom is -0.508 e. The molecule has 8 N–H and O–H groups in total. The van der Waals surface area contributed by atoms with Crippen LogP contribution in [0.2, 0.25) is 0 Å². The van der Waals surface area contributed by atoms with E-state index in [4.69, 9.17) is 11.5 Å². The zero-order valence-electron chi connectivity index (χ0n) is 17.8. The van der Waals surface area contributed by atoms with E-state index in [2.05, 4.69) is 0 Å². The average molecular weight is 443 g/mol. The van der Waals surface area contributed by atoms with Crippen molar-refractivity contribution in [2.45, 2.75) is 30.6 Å². The minimum atomic E-state index is -2.45. The zero-order valence-corrected chi connectivity index (χ0v) is 17.8. The van der Waals surface area contributed by atoms with E-state index in [1.165, 1.54) is 30.0 Å². The molecule has 0 unspecified atom stereocenters. The lowest BCUT2D eigenvalue weighted by Gasteiger charge is -2.53. The van der Waals surface area contributed by atoms with Crippen LogP contribution in [0.5, 0.6) is 5.75 Å². The summed E-state index contributed by atoms with van der Waals surface area (Å²) in [5.74, 6) is -6.18. The van der Waals surface area contributed by atoms with Gasteiger partial charge in [-0.2, -0.15) is 0 Å². The highest BCUT2D eigenvalue weighted by Gasteiger charge is 2.63. The van der Waals surface area contributed by atoms with E-state index in [0.717, 1.165) is 0 Å². The predicted octanol–water partition coefficient (Wildman–Crippen LogP) is -0.814. The molecule has 5 atom stereocenters. The lowest BCUT2D eigenvalue weighted by Crippen LogP contribution is -2.65. The summed E-state index contributed by atoms with van der Waals surface area (Å²) in [4.78, 5) is 39.9. The van der Waals surface area contributed by atoms with Gasteiger partial charge in [0.2, 0.25) is 0 Å². The topological polar surface area (TPSA) is 187 Å². The van der Waals surface area contributed by atoms with E-state index < -0.39 is 63.6 Å². The molecule has 0 aromatic heterocycles. The predicted molar refractivity (Wildman–Crippen MR) is 111 cm³/mol. The van der Waals surface area contributed by atoms with Crippen LogP contribution in [0.25, 0.3) is 0 Å². The van der Waals surface area contributed by atoms with Crippen LogP contribution in [0.4, 0.5) is 0 Å². The Morgan fingerprint density at radius 2 is 1.81 bits per heavy atom. The van der Waals surface area contributed by atoms with Gasteiger partial charge in [0, 0.05) is 17.4 Å². The minimum absolute atomic E-state index is 0.120. The van der Waals surface area contributed by atoms with Crippen molar-refractivity contribution < 1.29 is 34.8 Å². The first-order chi connectivity index (χ1) is 14.8. The second-order valence-electron chi connectivity index (χ2n) is 9.03. The van der Waals surface area contributed by atoms with Crippen LogP contribution in [0, 0.1) is 11.8 Å². The summed E-state index contributed by atoms with van der Waals surface area (Å²) in [6.45, 7) is 1.46. The van der Waals surface area contributed by atoms with Gasteiger partial charge in [0.05, 0.1) is 22.9 Å². The Morgan fingerprint density at radius 1 is 1.19 bits per heavy atom. The van der Waals surface area contributed by atoms with Crippen LogP contribution in [-0.4, -0.2) is 68.5 Å². The Kier molecular flexibility index (Phi) is 4.57. The fraction of sp³-hybridized carbons (Fsp3) is 0.409. The van der Waals surface area contributed by atoms with Gasteiger partial charge in [-0.15, -0.1) is 0 Å². The molecule has 10 heteroatoms. The highest BCUT2D eigenvalue weighted by atomic mass is 16.3. The highest BCUT2D eigenvalue weighted by molar-refractivity contribution is 6.22. The summed E-state index contributed by atoms with van der Waals surface area (Å²) in [6, 6.07) is 3.18. The Morgan fingerprint density at radius 3 is 2.38 bits per heavy atom. The number of aliphatic hydroxyl groups is 3. The van der Waals surface area contributed by atoms with Crippen molar-refractivity contribution in [2.75, 3.05) is 14.1 Å². The maximum atomic E-state index is 13.4. The van der Waals surface area contributed by atoms with Crippen LogP contribution < -0.4 is 11.5 Å². The van der Waals surface area contributed by atoms with Gasteiger partial charge in [0.1, 0.15) is 17.1 Å². The number of fused-ring (bicyclic) bond motifs is 3. The van der Waals surface area contributed by atoms with Crippen molar-refractivity contribution in [3.8, 4) is 5.75 Å². The molecule has 0 fully saturated rings. The summed E-state index contributed by atoms with van der Waals surface area (Å²) in [5.41, 5.74) is 6.03. The number of carbonyl (C=O) groups excluding carboxylic acids is 3. The first-order valence-electron chi connectivity index (χ1n) is 10.0. The summed E-state index contributed by atoms with van der Waals surface area (Å²) in [5, 5.41) is 44.3. The number of carbonyl (C=O) groups is 3. The maximum Gasteiger partial charge on any atom is 0.255 e. The standard InChI is InChI=1S/C22H25N3O7/c1-21(31)8-5-4-6-11(26)12(8)16(27)13-9(21)7-10-15(25(2)3)17(28)14(20(24)30)19(29)22(10,32)18(13)23/h4-6,9-10,15,26,29,31-32H,7,23H2,1-3H3,(H2,24,30)/t9-,10-,15-,21+,22-/m0/s1. The molecule has 0 aliphatic heterocycles. The molecule has 1 aromatic carbocycles. The molecular weight excluding hydrogens is 418 g/mol. The third-order valence-electron chi connectivity index (χ3n) is 7.11. The summed E-state index contributed by atoms with van der Waals surface area (Å²) >= 11 is 0. The van der Waals surface area contributed by atoms with Crippen molar-refractivity contribution in [3.63, 3.8) is 0 Å². The molecule has 3 aliphatic carbocycles. The molecule has 170 valence electrons. The molecule has 1 amide bonds. The normalized spacial score (nSPS) is 34.4. The number of aliphatic hydroxyl groups excluding tert-OH is 1. The molecule has 0 spiro atoms. The number of phenolic OH excluding ortho intramolecular Hbond substituents is 1. The number of primary amides is 1. The number of ketones is 2. The number of nitrogens with zero attached hydrogens (tertiary/aromatic N) is 1. The number of amides is 1.